The number of carbonyl (C=O) groups is 4. The van der Waals surface area contributed by atoms with E-state index >= 15 is 0 Å². The van der Waals surface area contributed by atoms with Gasteiger partial charge in [0, 0.05) is 56.7 Å². The van der Waals surface area contributed by atoms with E-state index in [9.17, 15) is 23.6 Å². The molecule has 0 fully saturated rings. The maximum atomic E-state index is 13.3. The third-order valence-electron chi connectivity index (χ3n) is 8.08. The van der Waals surface area contributed by atoms with Gasteiger partial charge in [0.25, 0.3) is 0 Å². The first kappa shape index (κ1) is 54.2. The van der Waals surface area contributed by atoms with Crippen LogP contribution in [0.1, 0.15) is 57.8 Å². The molecule has 0 radical (unpaired) electrons. The van der Waals surface area contributed by atoms with E-state index in [1.54, 1.807) is 0 Å². The highest BCUT2D eigenvalue weighted by atomic mass is 32.2. The number of nitrogens with zero attached hydrogens (tertiary/aromatic N) is 2. The van der Waals surface area contributed by atoms with E-state index in [-0.39, 0.29) is 37.4 Å². The maximum absolute atomic E-state index is 13.3. The summed E-state index contributed by atoms with van der Waals surface area (Å²) in [4.78, 5) is 56.3. The summed E-state index contributed by atoms with van der Waals surface area (Å²) in [5.41, 5.74) is 29.8. The van der Waals surface area contributed by atoms with Crippen LogP contribution < -0.4 is 44.6 Å². The fourth-order valence-electron chi connectivity index (χ4n) is 4.75. The molecular formula is C35H67FN12O9S. The summed E-state index contributed by atoms with van der Waals surface area (Å²) in [6.07, 6.45) is 4.66. The summed E-state index contributed by atoms with van der Waals surface area (Å²) in [6, 6.07) is -4.41. The van der Waals surface area contributed by atoms with Gasteiger partial charge in [0.05, 0.1) is 6.21 Å². The lowest BCUT2D eigenvalue weighted by atomic mass is 10.1. The Labute approximate surface area is 344 Å². The van der Waals surface area contributed by atoms with Crippen molar-refractivity contribution in [1.29, 1.82) is 10.8 Å². The number of ether oxygens (including phenoxy) is 4. The Bertz CT molecular complexity index is 1230. The van der Waals surface area contributed by atoms with Crippen LogP contribution in [0.4, 0.5) is 4.39 Å². The Morgan fingerprint density at radius 2 is 1.16 bits per heavy atom. The second-order valence-electron chi connectivity index (χ2n) is 13.0. The van der Waals surface area contributed by atoms with Gasteiger partial charge in [0.2, 0.25) is 0 Å². The zero-order valence-corrected chi connectivity index (χ0v) is 34.1. The van der Waals surface area contributed by atoms with Crippen molar-refractivity contribution in [2.24, 2.45) is 38.8 Å². The Hall–Kier alpha value is -3.84. The Morgan fingerprint density at radius 1 is 0.690 bits per heavy atom. The van der Waals surface area contributed by atoms with Gasteiger partial charge < -0.3 is 79.6 Å². The molecule has 0 aliphatic heterocycles. The molecular weight excluding hydrogens is 784 g/mol. The number of carbonyl (C=O) groups excluding carboxylic acids is 4. The van der Waals surface area contributed by atoms with Crippen LogP contribution in [-0.4, -0.2) is 167 Å². The zero-order chi connectivity index (χ0) is 43.4. The van der Waals surface area contributed by atoms with Crippen LogP contribution >= 0.6 is 11.8 Å². The van der Waals surface area contributed by atoms with Crippen molar-refractivity contribution in [2.45, 2.75) is 94.2 Å². The van der Waals surface area contributed by atoms with Gasteiger partial charge in [0.1, 0.15) is 49.9 Å². The van der Waals surface area contributed by atoms with E-state index in [1.165, 1.54) is 30.4 Å². The van der Waals surface area contributed by atoms with E-state index < -0.39 is 80.1 Å². The van der Waals surface area contributed by atoms with E-state index in [0.29, 0.717) is 83.5 Å². The molecule has 0 aliphatic carbocycles. The number of aliphatic imine (C=N–C) groups is 1. The monoisotopic (exact) mass is 850 g/mol. The molecule has 0 bridgehead atoms. The maximum Gasteiger partial charge on any atom is 0.324 e. The van der Waals surface area contributed by atoms with Crippen molar-refractivity contribution in [3.8, 4) is 0 Å². The minimum absolute atomic E-state index is 0.134. The number of hydrogen-bond acceptors (Lipinski definition) is 21. The van der Waals surface area contributed by atoms with Gasteiger partial charge in [0.15, 0.2) is 12.2 Å². The van der Waals surface area contributed by atoms with Crippen LogP contribution in [0.2, 0.25) is 0 Å². The topological polar surface area (TPSA) is 364 Å². The van der Waals surface area contributed by atoms with Gasteiger partial charge >= 0.3 is 23.9 Å². The highest BCUT2D eigenvalue weighted by molar-refractivity contribution is 7.99. The largest absolute Gasteiger partial charge is 0.460 e. The third kappa shape index (κ3) is 28.5. The molecule has 0 saturated heterocycles. The van der Waals surface area contributed by atoms with E-state index in [1.807, 2.05) is 0 Å². The van der Waals surface area contributed by atoms with Gasteiger partial charge in [-0.05, 0) is 58.0 Å². The number of amidine groups is 1. The van der Waals surface area contributed by atoms with Crippen molar-refractivity contribution in [3.63, 3.8) is 0 Å². The number of esters is 4. The lowest BCUT2D eigenvalue weighted by Gasteiger charge is -2.29. The van der Waals surface area contributed by atoms with Crippen LogP contribution in [-0.2, 0) is 38.1 Å². The van der Waals surface area contributed by atoms with Gasteiger partial charge in [-0.15, -0.1) is 5.16 Å². The van der Waals surface area contributed by atoms with Gasteiger partial charge in [-0.2, -0.15) is 11.8 Å². The average Bonchev–Trinajstić information content (AvgIpc) is 3.21. The number of oxime groups is 1. The molecule has 0 aliphatic rings. The van der Waals surface area contributed by atoms with Crippen LogP contribution in [0, 0.1) is 10.8 Å². The molecule has 0 aromatic heterocycles. The number of thioether (sulfide) groups is 1. The summed E-state index contributed by atoms with van der Waals surface area (Å²) >= 11 is 1.35. The van der Waals surface area contributed by atoms with Crippen LogP contribution in [0.15, 0.2) is 10.1 Å². The van der Waals surface area contributed by atoms with Crippen molar-refractivity contribution in [2.75, 3.05) is 77.2 Å². The highest BCUT2D eigenvalue weighted by Crippen LogP contribution is 2.14. The minimum Gasteiger partial charge on any atom is -0.460 e. The molecule has 23 heteroatoms. The highest BCUT2D eigenvalue weighted by Gasteiger charge is 2.35. The Morgan fingerprint density at radius 3 is 1.66 bits per heavy atom. The predicted molar refractivity (Wildman–Crippen MR) is 221 cm³/mol. The molecule has 334 valence electrons. The number of halogens is 1. The molecule has 0 aromatic rings. The zero-order valence-electron chi connectivity index (χ0n) is 33.3. The second kappa shape index (κ2) is 36.3. The Kier molecular flexibility index (Phi) is 33.9. The minimum atomic E-state index is -1.52. The molecule has 0 spiro atoms. The van der Waals surface area contributed by atoms with Gasteiger partial charge in [-0.3, -0.25) is 24.2 Å². The number of nitrogens with one attached hydrogen (secondary N) is 5. The molecule has 6 unspecified atom stereocenters. The summed E-state index contributed by atoms with van der Waals surface area (Å²) in [6.45, 7) is 0.963. The van der Waals surface area contributed by atoms with E-state index in [0.717, 1.165) is 0 Å². The number of nitrogens with two attached hydrogens (primary N) is 5. The van der Waals surface area contributed by atoms with Crippen molar-refractivity contribution < 1.29 is 47.7 Å². The molecule has 0 saturated carbocycles. The van der Waals surface area contributed by atoms with Crippen LogP contribution in [0.3, 0.4) is 0 Å². The third-order valence-corrected chi connectivity index (χ3v) is 9.17. The van der Waals surface area contributed by atoms with E-state index in [4.69, 9.17) is 63.6 Å². The smallest absolute Gasteiger partial charge is 0.324 e. The summed E-state index contributed by atoms with van der Waals surface area (Å²) in [7, 11) is 0. The van der Waals surface area contributed by atoms with Crippen LogP contribution in [0.5, 0.6) is 0 Å². The Balaban J connectivity index is 5.98. The molecule has 0 amide bonds. The molecule has 21 nitrogen and oxygen atoms in total. The fourth-order valence-corrected chi connectivity index (χ4v) is 5.60. The summed E-state index contributed by atoms with van der Waals surface area (Å²) in [5, 5.41) is 34.6. The first-order valence-corrected chi connectivity index (χ1v) is 20.5. The van der Waals surface area contributed by atoms with Crippen LogP contribution in [0.25, 0.3) is 0 Å². The fraction of sp³-hybridized carbons (Fsp3) is 0.771. The molecule has 58 heavy (non-hydrogen) atoms. The normalized spacial score (nSPS) is 14.8. The van der Waals surface area contributed by atoms with Gasteiger partial charge in [-0.1, -0.05) is 12.8 Å². The van der Waals surface area contributed by atoms with Crippen molar-refractivity contribution in [1.82, 2.24) is 16.0 Å². The molecule has 0 heterocycles. The molecule has 0 rings (SSSR count). The molecule has 6 atom stereocenters. The second-order valence-corrected chi connectivity index (χ2v) is 14.2. The standard InChI is InChI=1S/C35H67FN12O9S/c36-21-31(43)47-14-6-3-8-26(40)33(50)55-23-30(57-35(52)28(42)24-58-20-19-46-16-11-38)29(56-34(51)27(41)9-2-4-12-44-15-10-37)22-54-32(49)25(39)7-1-5-13-45-17-18-48-53/h10-11,18,25-30,37-38,44-46,53H,1-9,12-17,19-24,39-42H2,(H2,43,47). The van der Waals surface area contributed by atoms with E-state index in [2.05, 4.69) is 26.1 Å². The number of unbranched alkanes of at least 4 members (excludes halogenated alkanes) is 3. The first-order chi connectivity index (χ1) is 27.9. The summed E-state index contributed by atoms with van der Waals surface area (Å²) < 4.78 is 34.8. The summed E-state index contributed by atoms with van der Waals surface area (Å²) in [5.74, 6) is -2.91. The lowest BCUT2D eigenvalue weighted by Crippen LogP contribution is -2.49. The number of rotatable bonds is 38. The number of hydrogen-bond donors (Lipinski definition) is 11. The average molecular weight is 851 g/mol. The molecule has 0 aromatic carbocycles. The number of alkyl halides is 1. The first-order valence-electron chi connectivity index (χ1n) is 19.4. The molecule has 16 N–H and O–H groups in total. The van der Waals surface area contributed by atoms with Crippen molar-refractivity contribution in [3.05, 3.63) is 0 Å². The lowest BCUT2D eigenvalue weighted by molar-refractivity contribution is -0.184. The predicted octanol–water partition coefficient (Wildman–Crippen LogP) is -1.70. The van der Waals surface area contributed by atoms with Crippen molar-refractivity contribution >= 4 is 60.1 Å². The van der Waals surface area contributed by atoms with Gasteiger partial charge in [-0.25, -0.2) is 4.39 Å². The SMILES string of the molecule is N=CCNCCCCC(N)C(=O)OC(COC(=O)C(N)CCCCNCC=NO)C(COC(=O)C(N)CCCCN=C(N)CF)OC(=O)C(N)CSCCNCC=N. The quantitative estimate of drug-likeness (QED) is 0.00627.